The lowest BCUT2D eigenvalue weighted by Gasteiger charge is -2.30. The molecule has 5 heteroatoms. The van der Waals surface area contributed by atoms with E-state index in [0.717, 1.165) is 0 Å². The lowest BCUT2D eigenvalue weighted by atomic mass is 9.97. The number of benzene rings is 1. The number of hydrogen-bond donors (Lipinski definition) is 2. The molecule has 106 valence electrons. The minimum atomic E-state index is -0.779. The summed E-state index contributed by atoms with van der Waals surface area (Å²) in [6.07, 6.45) is 0.515. The zero-order chi connectivity index (χ0) is 14.5. The molecule has 0 aliphatic heterocycles. The van der Waals surface area contributed by atoms with E-state index in [1.54, 1.807) is 32.2 Å². The third-order valence-electron chi connectivity index (χ3n) is 3.55. The summed E-state index contributed by atoms with van der Waals surface area (Å²) < 4.78 is 13.7. The SMILES string of the molecule is CCN(CCC(C)(NC)C(N)=O)c1ccccc1F. The Labute approximate surface area is 113 Å². The fourth-order valence-corrected chi connectivity index (χ4v) is 1.89. The van der Waals surface area contributed by atoms with E-state index in [-0.39, 0.29) is 5.82 Å². The summed E-state index contributed by atoms with van der Waals surface area (Å²) in [5.74, 6) is -0.658. The molecule has 0 aliphatic rings. The highest BCUT2D eigenvalue weighted by Crippen LogP contribution is 2.20. The van der Waals surface area contributed by atoms with Crippen molar-refractivity contribution in [3.05, 3.63) is 30.1 Å². The molecule has 0 spiro atoms. The second kappa shape index (κ2) is 6.52. The van der Waals surface area contributed by atoms with Crippen LogP contribution in [0.15, 0.2) is 24.3 Å². The molecule has 1 aromatic rings. The Bertz CT molecular complexity index is 438. The molecular weight excluding hydrogens is 245 g/mol. The number of likely N-dealkylation sites (N-methyl/N-ethyl adjacent to an activating group) is 1. The molecule has 3 N–H and O–H groups in total. The summed E-state index contributed by atoms with van der Waals surface area (Å²) in [6, 6.07) is 6.63. The molecule has 1 atom stereocenters. The Morgan fingerprint density at radius 3 is 2.58 bits per heavy atom. The van der Waals surface area contributed by atoms with Gasteiger partial charge < -0.3 is 16.0 Å². The summed E-state index contributed by atoms with van der Waals surface area (Å²) in [7, 11) is 1.70. The van der Waals surface area contributed by atoms with Crippen molar-refractivity contribution in [3.8, 4) is 0 Å². The van der Waals surface area contributed by atoms with Gasteiger partial charge in [0.25, 0.3) is 0 Å². The van der Waals surface area contributed by atoms with Gasteiger partial charge in [0.05, 0.1) is 11.2 Å². The minimum Gasteiger partial charge on any atom is -0.369 e. The highest BCUT2D eigenvalue weighted by molar-refractivity contribution is 5.84. The van der Waals surface area contributed by atoms with Gasteiger partial charge in [0, 0.05) is 13.1 Å². The molecule has 1 amide bonds. The van der Waals surface area contributed by atoms with Crippen molar-refractivity contribution in [2.75, 3.05) is 25.0 Å². The second-order valence-corrected chi connectivity index (χ2v) is 4.73. The van der Waals surface area contributed by atoms with Gasteiger partial charge in [0.1, 0.15) is 5.82 Å². The summed E-state index contributed by atoms with van der Waals surface area (Å²) in [5, 5.41) is 2.93. The van der Waals surface area contributed by atoms with E-state index in [0.29, 0.717) is 25.2 Å². The van der Waals surface area contributed by atoms with Crippen LogP contribution in [-0.2, 0) is 4.79 Å². The maximum absolute atomic E-state index is 13.7. The van der Waals surface area contributed by atoms with E-state index in [1.165, 1.54) is 6.07 Å². The average molecular weight is 267 g/mol. The Balaban J connectivity index is 2.79. The fourth-order valence-electron chi connectivity index (χ4n) is 1.89. The average Bonchev–Trinajstić information content (AvgIpc) is 2.40. The fraction of sp³-hybridized carbons (Fsp3) is 0.500. The van der Waals surface area contributed by atoms with Crippen LogP contribution < -0.4 is 16.0 Å². The van der Waals surface area contributed by atoms with Gasteiger partial charge in [0.2, 0.25) is 5.91 Å². The van der Waals surface area contributed by atoms with Crippen LogP contribution in [0, 0.1) is 5.82 Å². The number of carbonyl (C=O) groups is 1. The van der Waals surface area contributed by atoms with Gasteiger partial charge in [-0.1, -0.05) is 12.1 Å². The van der Waals surface area contributed by atoms with Gasteiger partial charge in [-0.05, 0) is 39.4 Å². The third kappa shape index (κ3) is 3.67. The Morgan fingerprint density at radius 1 is 1.47 bits per heavy atom. The van der Waals surface area contributed by atoms with E-state index >= 15 is 0 Å². The third-order valence-corrected chi connectivity index (χ3v) is 3.55. The monoisotopic (exact) mass is 267 g/mol. The molecule has 0 heterocycles. The standard InChI is InChI=1S/C14H22FN3O/c1-4-18(12-8-6-5-7-11(12)15)10-9-14(2,17-3)13(16)19/h5-8,17H,4,9-10H2,1-3H3,(H2,16,19). The highest BCUT2D eigenvalue weighted by atomic mass is 19.1. The Hall–Kier alpha value is -1.62. The predicted molar refractivity (Wildman–Crippen MR) is 75.6 cm³/mol. The van der Waals surface area contributed by atoms with Gasteiger partial charge in [0.15, 0.2) is 0 Å². The number of halogens is 1. The number of carbonyl (C=O) groups excluding carboxylic acids is 1. The van der Waals surface area contributed by atoms with Crippen LogP contribution in [0.2, 0.25) is 0 Å². The number of primary amides is 1. The van der Waals surface area contributed by atoms with Gasteiger partial charge in [-0.2, -0.15) is 0 Å². The van der Waals surface area contributed by atoms with Crippen molar-refractivity contribution in [2.24, 2.45) is 5.73 Å². The van der Waals surface area contributed by atoms with E-state index in [2.05, 4.69) is 5.32 Å². The maximum atomic E-state index is 13.7. The van der Waals surface area contributed by atoms with E-state index in [1.807, 2.05) is 11.8 Å². The van der Waals surface area contributed by atoms with Crippen molar-refractivity contribution in [1.29, 1.82) is 0 Å². The van der Waals surface area contributed by atoms with Crippen molar-refractivity contribution < 1.29 is 9.18 Å². The van der Waals surface area contributed by atoms with Crippen LogP contribution in [0.4, 0.5) is 10.1 Å². The van der Waals surface area contributed by atoms with Crippen molar-refractivity contribution in [1.82, 2.24) is 5.32 Å². The van der Waals surface area contributed by atoms with Gasteiger partial charge in [-0.15, -0.1) is 0 Å². The zero-order valence-electron chi connectivity index (χ0n) is 11.7. The molecule has 0 saturated carbocycles. The summed E-state index contributed by atoms with van der Waals surface area (Å²) in [6.45, 7) is 4.93. The Morgan fingerprint density at radius 2 is 2.11 bits per heavy atom. The van der Waals surface area contributed by atoms with Crippen LogP contribution >= 0.6 is 0 Å². The van der Waals surface area contributed by atoms with Crippen LogP contribution in [0.25, 0.3) is 0 Å². The number of nitrogens with two attached hydrogens (primary N) is 1. The summed E-state index contributed by atoms with van der Waals surface area (Å²) in [5.41, 5.74) is 5.15. The minimum absolute atomic E-state index is 0.255. The number of anilines is 1. The predicted octanol–water partition coefficient (Wildman–Crippen LogP) is 1.51. The highest BCUT2D eigenvalue weighted by Gasteiger charge is 2.29. The Kier molecular flexibility index (Phi) is 5.30. The molecule has 0 radical (unpaired) electrons. The van der Waals surface area contributed by atoms with Gasteiger partial charge in [-0.25, -0.2) is 4.39 Å². The molecule has 19 heavy (non-hydrogen) atoms. The topological polar surface area (TPSA) is 58.4 Å². The first-order valence-corrected chi connectivity index (χ1v) is 6.43. The molecule has 1 unspecified atom stereocenters. The first kappa shape index (κ1) is 15.4. The van der Waals surface area contributed by atoms with E-state index in [9.17, 15) is 9.18 Å². The van der Waals surface area contributed by atoms with Gasteiger partial charge in [-0.3, -0.25) is 4.79 Å². The maximum Gasteiger partial charge on any atom is 0.237 e. The molecule has 0 bridgehead atoms. The number of amides is 1. The zero-order valence-corrected chi connectivity index (χ0v) is 11.7. The molecule has 1 aromatic carbocycles. The summed E-state index contributed by atoms with van der Waals surface area (Å²) in [4.78, 5) is 13.3. The van der Waals surface area contributed by atoms with Crippen molar-refractivity contribution >= 4 is 11.6 Å². The lowest BCUT2D eigenvalue weighted by Crippen LogP contribution is -2.53. The first-order valence-electron chi connectivity index (χ1n) is 6.43. The molecule has 4 nitrogen and oxygen atoms in total. The summed E-state index contributed by atoms with van der Waals surface area (Å²) >= 11 is 0. The van der Waals surface area contributed by atoms with Crippen LogP contribution in [0.5, 0.6) is 0 Å². The van der Waals surface area contributed by atoms with Crippen molar-refractivity contribution in [3.63, 3.8) is 0 Å². The van der Waals surface area contributed by atoms with Crippen LogP contribution in [-0.4, -0.2) is 31.6 Å². The largest absolute Gasteiger partial charge is 0.369 e. The number of rotatable bonds is 7. The number of nitrogens with one attached hydrogen (secondary N) is 1. The van der Waals surface area contributed by atoms with Crippen molar-refractivity contribution in [2.45, 2.75) is 25.8 Å². The number of hydrogen-bond acceptors (Lipinski definition) is 3. The lowest BCUT2D eigenvalue weighted by molar-refractivity contribution is -0.123. The molecule has 1 rings (SSSR count). The van der Waals surface area contributed by atoms with Gasteiger partial charge >= 0.3 is 0 Å². The second-order valence-electron chi connectivity index (χ2n) is 4.73. The molecule has 0 saturated heterocycles. The number of para-hydroxylation sites is 1. The molecule has 0 aromatic heterocycles. The molecular formula is C14H22FN3O. The molecule has 0 aliphatic carbocycles. The molecule has 0 fully saturated rings. The number of nitrogens with zero attached hydrogens (tertiary/aromatic N) is 1. The van der Waals surface area contributed by atoms with E-state index < -0.39 is 11.4 Å². The van der Waals surface area contributed by atoms with Crippen LogP contribution in [0.3, 0.4) is 0 Å². The smallest absolute Gasteiger partial charge is 0.237 e. The quantitative estimate of drug-likeness (QED) is 0.787. The van der Waals surface area contributed by atoms with Crippen LogP contribution in [0.1, 0.15) is 20.3 Å². The first-order chi connectivity index (χ1) is 8.94. The van der Waals surface area contributed by atoms with E-state index in [4.69, 9.17) is 5.73 Å². The normalized spacial score (nSPS) is 13.9.